The molecule has 0 aromatic heterocycles. The van der Waals surface area contributed by atoms with E-state index in [0.29, 0.717) is 12.6 Å². The van der Waals surface area contributed by atoms with E-state index in [9.17, 15) is 8.42 Å². The molecule has 1 saturated heterocycles. The average molecular weight is 305 g/mol. The van der Waals surface area contributed by atoms with E-state index in [1.54, 1.807) is 20.8 Å². The van der Waals surface area contributed by atoms with Crippen LogP contribution >= 0.6 is 0 Å². The quantitative estimate of drug-likeness (QED) is 0.863. The second kappa shape index (κ2) is 6.32. The van der Waals surface area contributed by atoms with Crippen LogP contribution in [0.3, 0.4) is 0 Å². The Morgan fingerprint density at radius 3 is 2.45 bits per heavy atom. The highest BCUT2D eigenvalue weighted by Crippen LogP contribution is 2.21. The van der Waals surface area contributed by atoms with Crippen LogP contribution in [0.1, 0.15) is 54.4 Å². The van der Waals surface area contributed by atoms with Crippen molar-refractivity contribution < 1.29 is 8.42 Å². The molecule has 1 aliphatic heterocycles. The van der Waals surface area contributed by atoms with Gasteiger partial charge in [-0.1, -0.05) is 6.92 Å². The normalized spacial score (nSPS) is 30.2. The zero-order valence-electron chi connectivity index (χ0n) is 14.0. The van der Waals surface area contributed by atoms with Crippen LogP contribution in [0.25, 0.3) is 0 Å². The molecule has 0 aromatic rings. The largest absolute Gasteiger partial charge is 0.310 e. The van der Waals surface area contributed by atoms with Gasteiger partial charge in [-0.05, 0) is 54.0 Å². The lowest BCUT2D eigenvalue weighted by Crippen LogP contribution is -2.50. The molecule has 0 aromatic carbocycles. The Balaban J connectivity index is 2.74. The zero-order valence-corrected chi connectivity index (χ0v) is 14.8. The molecule has 0 bridgehead atoms. The maximum absolute atomic E-state index is 12.3. The maximum Gasteiger partial charge on any atom is 0.156 e. The van der Waals surface area contributed by atoms with Gasteiger partial charge in [-0.2, -0.15) is 0 Å². The molecule has 1 fully saturated rings. The minimum atomic E-state index is -3.04. The van der Waals surface area contributed by atoms with Crippen molar-refractivity contribution in [2.24, 2.45) is 0 Å². The average Bonchev–Trinajstić information content (AvgIpc) is 2.46. The predicted octanol–water partition coefficient (Wildman–Crippen LogP) is 2.05. The van der Waals surface area contributed by atoms with Crippen molar-refractivity contribution in [3.63, 3.8) is 0 Å². The Bertz CT molecular complexity index is 414. The standard InChI is InChI=1S/C15H32N2O2S/c1-7-15(6)12-17(13(2)8-9-16-15)10-11-20(18,19)14(3,4)5/h13,16H,7-12H2,1-6H3. The van der Waals surface area contributed by atoms with Gasteiger partial charge < -0.3 is 5.32 Å². The monoisotopic (exact) mass is 304 g/mol. The van der Waals surface area contributed by atoms with Gasteiger partial charge in [0.15, 0.2) is 9.84 Å². The van der Waals surface area contributed by atoms with Crippen LogP contribution in [0.15, 0.2) is 0 Å². The van der Waals surface area contributed by atoms with E-state index in [1.165, 1.54) is 0 Å². The van der Waals surface area contributed by atoms with Gasteiger partial charge in [0, 0.05) is 24.7 Å². The van der Waals surface area contributed by atoms with E-state index in [4.69, 9.17) is 0 Å². The van der Waals surface area contributed by atoms with Gasteiger partial charge in [0.25, 0.3) is 0 Å². The van der Waals surface area contributed by atoms with Gasteiger partial charge in [0.1, 0.15) is 0 Å². The number of rotatable bonds is 4. The number of hydrogen-bond acceptors (Lipinski definition) is 4. The summed E-state index contributed by atoms with van der Waals surface area (Å²) in [5, 5.41) is 3.60. The van der Waals surface area contributed by atoms with Gasteiger partial charge >= 0.3 is 0 Å². The summed E-state index contributed by atoms with van der Waals surface area (Å²) in [5.74, 6) is 0.251. The zero-order chi connectivity index (χ0) is 15.6. The highest BCUT2D eigenvalue weighted by atomic mass is 32.2. The summed E-state index contributed by atoms with van der Waals surface area (Å²) >= 11 is 0. The second-order valence-corrected chi connectivity index (χ2v) is 10.2. The molecule has 20 heavy (non-hydrogen) atoms. The molecule has 2 atom stereocenters. The minimum absolute atomic E-state index is 0.0935. The topological polar surface area (TPSA) is 49.4 Å². The third kappa shape index (κ3) is 4.43. The molecule has 1 N–H and O–H groups in total. The van der Waals surface area contributed by atoms with E-state index in [1.807, 2.05) is 0 Å². The maximum atomic E-state index is 12.3. The second-order valence-electron chi connectivity index (χ2n) is 7.38. The number of hydrogen-bond donors (Lipinski definition) is 1. The predicted molar refractivity (Wildman–Crippen MR) is 85.9 cm³/mol. The van der Waals surface area contributed by atoms with Gasteiger partial charge in [-0.25, -0.2) is 8.42 Å². The summed E-state index contributed by atoms with van der Waals surface area (Å²) in [6, 6.07) is 0.436. The first kappa shape index (κ1) is 17.9. The molecule has 0 spiro atoms. The van der Waals surface area contributed by atoms with E-state index in [0.717, 1.165) is 25.9 Å². The van der Waals surface area contributed by atoms with Gasteiger partial charge in [0.2, 0.25) is 0 Å². The molecule has 1 aliphatic rings. The molecule has 0 radical (unpaired) electrons. The number of nitrogens with one attached hydrogen (secondary N) is 1. The first-order valence-corrected chi connectivity index (χ1v) is 9.37. The molecule has 1 heterocycles. The van der Waals surface area contributed by atoms with Gasteiger partial charge in [-0.3, -0.25) is 4.90 Å². The van der Waals surface area contributed by atoms with Gasteiger partial charge in [0.05, 0.1) is 10.5 Å². The lowest BCUT2D eigenvalue weighted by atomic mass is 9.98. The van der Waals surface area contributed by atoms with Crippen molar-refractivity contribution in [1.29, 1.82) is 0 Å². The highest BCUT2D eigenvalue weighted by molar-refractivity contribution is 7.92. The molecule has 0 amide bonds. The molecule has 0 aliphatic carbocycles. The fourth-order valence-corrected chi connectivity index (χ4v) is 3.59. The molecule has 2 unspecified atom stereocenters. The van der Waals surface area contributed by atoms with Crippen molar-refractivity contribution in [1.82, 2.24) is 10.2 Å². The van der Waals surface area contributed by atoms with Crippen LogP contribution in [0.4, 0.5) is 0 Å². The Morgan fingerprint density at radius 2 is 1.95 bits per heavy atom. The highest BCUT2D eigenvalue weighted by Gasteiger charge is 2.33. The molecule has 120 valence electrons. The lowest BCUT2D eigenvalue weighted by Gasteiger charge is -2.35. The summed E-state index contributed by atoms with van der Waals surface area (Å²) in [5.41, 5.74) is 0.0935. The van der Waals surface area contributed by atoms with Crippen molar-refractivity contribution in [2.75, 3.05) is 25.4 Å². The molecule has 5 heteroatoms. The van der Waals surface area contributed by atoms with Crippen molar-refractivity contribution in [2.45, 2.75) is 70.7 Å². The fourth-order valence-electron chi connectivity index (χ4n) is 2.51. The van der Waals surface area contributed by atoms with E-state index < -0.39 is 14.6 Å². The lowest BCUT2D eigenvalue weighted by molar-refractivity contribution is 0.180. The molecular formula is C15H32N2O2S. The SMILES string of the molecule is CCC1(C)CN(CCS(=O)(=O)C(C)(C)C)C(C)CCN1. The Labute approximate surface area is 125 Å². The molecule has 4 nitrogen and oxygen atoms in total. The first-order chi connectivity index (χ1) is 9.01. The summed E-state index contributed by atoms with van der Waals surface area (Å²) < 4.78 is 23.9. The minimum Gasteiger partial charge on any atom is -0.310 e. The van der Waals surface area contributed by atoms with Crippen LogP contribution in [0, 0.1) is 0 Å². The summed E-state index contributed by atoms with van der Waals surface area (Å²) in [6.45, 7) is 14.5. The summed E-state index contributed by atoms with van der Waals surface area (Å²) in [6.07, 6.45) is 2.13. The van der Waals surface area contributed by atoms with Crippen molar-refractivity contribution in [3.8, 4) is 0 Å². The van der Waals surface area contributed by atoms with E-state index >= 15 is 0 Å². The Kier molecular flexibility index (Phi) is 5.67. The summed E-state index contributed by atoms with van der Waals surface area (Å²) in [4.78, 5) is 2.34. The molecular weight excluding hydrogens is 272 g/mol. The third-order valence-electron chi connectivity index (χ3n) is 4.65. The van der Waals surface area contributed by atoms with Crippen LogP contribution in [0.5, 0.6) is 0 Å². The van der Waals surface area contributed by atoms with Crippen LogP contribution in [-0.2, 0) is 9.84 Å². The third-order valence-corrected chi connectivity index (χ3v) is 7.24. The fraction of sp³-hybridized carbons (Fsp3) is 1.00. The van der Waals surface area contributed by atoms with Gasteiger partial charge in [-0.15, -0.1) is 0 Å². The number of sulfone groups is 1. The van der Waals surface area contributed by atoms with E-state index in [-0.39, 0.29) is 11.3 Å². The number of nitrogens with zero attached hydrogens (tertiary/aromatic N) is 1. The summed E-state index contributed by atoms with van der Waals surface area (Å²) in [7, 11) is -3.04. The van der Waals surface area contributed by atoms with Crippen molar-refractivity contribution >= 4 is 9.84 Å². The van der Waals surface area contributed by atoms with Crippen LogP contribution in [0.2, 0.25) is 0 Å². The Morgan fingerprint density at radius 1 is 1.35 bits per heavy atom. The van der Waals surface area contributed by atoms with Crippen LogP contribution < -0.4 is 5.32 Å². The Hall–Kier alpha value is -0.130. The first-order valence-electron chi connectivity index (χ1n) is 7.72. The molecule has 0 saturated carbocycles. The van der Waals surface area contributed by atoms with E-state index in [2.05, 4.69) is 31.0 Å². The smallest absolute Gasteiger partial charge is 0.156 e. The van der Waals surface area contributed by atoms with Crippen molar-refractivity contribution in [3.05, 3.63) is 0 Å². The van der Waals surface area contributed by atoms with Crippen LogP contribution in [-0.4, -0.2) is 55.0 Å². The molecule has 1 rings (SSSR count).